The van der Waals surface area contributed by atoms with Crippen molar-refractivity contribution in [2.45, 2.75) is 12.5 Å². The van der Waals surface area contributed by atoms with E-state index < -0.39 is 0 Å². The van der Waals surface area contributed by atoms with E-state index in [1.54, 1.807) is 0 Å². The molecule has 0 aromatic heterocycles. The number of anilines is 1. The molecule has 1 heteroatoms. The Bertz CT molecular complexity index is 404. The van der Waals surface area contributed by atoms with E-state index >= 15 is 0 Å². The van der Waals surface area contributed by atoms with Gasteiger partial charge in [-0.05, 0) is 24.1 Å². The molecule has 1 aliphatic heterocycles. The maximum absolute atomic E-state index is 2.47. The number of hydrogen-bond acceptors (Lipinski definition) is 1. The van der Waals surface area contributed by atoms with E-state index in [2.05, 4.69) is 65.6 Å². The van der Waals surface area contributed by atoms with Crippen LogP contribution in [0.25, 0.3) is 0 Å². The third kappa shape index (κ3) is 1.58. The molecule has 0 aliphatic carbocycles. The van der Waals surface area contributed by atoms with Crippen LogP contribution < -0.4 is 4.90 Å². The summed E-state index contributed by atoms with van der Waals surface area (Å²) in [6.07, 6.45) is 1.26. The summed E-state index contributed by atoms with van der Waals surface area (Å²) in [4.78, 5) is 2.47. The van der Waals surface area contributed by atoms with Crippen LogP contribution >= 0.6 is 0 Å². The van der Waals surface area contributed by atoms with Gasteiger partial charge in [0.1, 0.15) is 0 Å². The maximum atomic E-state index is 2.47. The lowest BCUT2D eigenvalue weighted by Gasteiger charge is -2.43. The fraction of sp³-hybridized carbons (Fsp3) is 0.200. The summed E-state index contributed by atoms with van der Waals surface area (Å²) in [5.74, 6) is 0. The Balaban J connectivity index is 1.85. The molecule has 0 radical (unpaired) electrons. The largest absolute Gasteiger partial charge is 0.364 e. The van der Waals surface area contributed by atoms with Crippen molar-refractivity contribution in [3.63, 3.8) is 0 Å². The van der Waals surface area contributed by atoms with Crippen molar-refractivity contribution in [1.82, 2.24) is 0 Å². The van der Waals surface area contributed by atoms with Crippen LogP contribution in [0.4, 0.5) is 5.69 Å². The Morgan fingerprint density at radius 2 is 1.44 bits per heavy atom. The zero-order valence-corrected chi connectivity index (χ0v) is 9.21. The minimum absolute atomic E-state index is 0.573. The van der Waals surface area contributed by atoms with Crippen molar-refractivity contribution in [3.05, 3.63) is 66.2 Å². The molecule has 1 atom stereocenters. The van der Waals surface area contributed by atoms with Crippen molar-refractivity contribution >= 4 is 5.69 Å². The first-order valence-electron chi connectivity index (χ1n) is 5.82. The average molecular weight is 209 g/mol. The van der Waals surface area contributed by atoms with E-state index in [1.807, 2.05) is 0 Å². The van der Waals surface area contributed by atoms with Gasteiger partial charge in [-0.25, -0.2) is 0 Å². The molecule has 0 saturated carbocycles. The third-order valence-electron chi connectivity index (χ3n) is 3.29. The van der Waals surface area contributed by atoms with Crippen LogP contribution in [0.1, 0.15) is 18.0 Å². The third-order valence-corrected chi connectivity index (χ3v) is 3.29. The Hall–Kier alpha value is -1.76. The lowest BCUT2D eigenvalue weighted by molar-refractivity contribution is 0.466. The van der Waals surface area contributed by atoms with Gasteiger partial charge in [-0.1, -0.05) is 48.5 Å². The molecular formula is C15H15N. The van der Waals surface area contributed by atoms with Gasteiger partial charge in [-0.15, -0.1) is 0 Å². The monoisotopic (exact) mass is 209 g/mol. The number of hydrogen-bond donors (Lipinski definition) is 0. The Morgan fingerprint density at radius 3 is 2.00 bits per heavy atom. The van der Waals surface area contributed by atoms with Crippen molar-refractivity contribution in [2.75, 3.05) is 11.4 Å². The van der Waals surface area contributed by atoms with Crippen LogP contribution in [0.15, 0.2) is 60.7 Å². The SMILES string of the molecule is c1ccc(C2CCN2c2ccccc2)cc1. The fourth-order valence-electron chi connectivity index (χ4n) is 2.34. The summed E-state index contributed by atoms with van der Waals surface area (Å²) in [6.45, 7) is 1.17. The van der Waals surface area contributed by atoms with Crippen LogP contribution in [0.3, 0.4) is 0 Å². The van der Waals surface area contributed by atoms with Gasteiger partial charge in [0, 0.05) is 12.2 Å². The zero-order chi connectivity index (χ0) is 10.8. The Labute approximate surface area is 96.3 Å². The van der Waals surface area contributed by atoms with Gasteiger partial charge in [0.05, 0.1) is 6.04 Å². The molecule has 1 fully saturated rings. The topological polar surface area (TPSA) is 3.24 Å². The van der Waals surface area contributed by atoms with Gasteiger partial charge in [0.2, 0.25) is 0 Å². The van der Waals surface area contributed by atoms with E-state index in [4.69, 9.17) is 0 Å². The molecule has 3 rings (SSSR count). The molecule has 1 saturated heterocycles. The van der Waals surface area contributed by atoms with Gasteiger partial charge in [-0.2, -0.15) is 0 Å². The lowest BCUT2D eigenvalue weighted by Crippen LogP contribution is -2.40. The molecule has 80 valence electrons. The second-order valence-electron chi connectivity index (χ2n) is 4.24. The quantitative estimate of drug-likeness (QED) is 0.730. The first kappa shape index (κ1) is 9.46. The number of nitrogens with zero attached hydrogens (tertiary/aromatic N) is 1. The Kier molecular flexibility index (Phi) is 2.37. The van der Waals surface area contributed by atoms with Crippen molar-refractivity contribution in [2.24, 2.45) is 0 Å². The lowest BCUT2D eigenvalue weighted by atomic mass is 9.94. The van der Waals surface area contributed by atoms with Crippen LogP contribution in [0.5, 0.6) is 0 Å². The van der Waals surface area contributed by atoms with Gasteiger partial charge in [0.25, 0.3) is 0 Å². The van der Waals surface area contributed by atoms with Crippen LogP contribution in [-0.4, -0.2) is 6.54 Å². The molecule has 16 heavy (non-hydrogen) atoms. The highest BCUT2D eigenvalue weighted by molar-refractivity contribution is 5.51. The molecule has 0 bridgehead atoms. The number of para-hydroxylation sites is 1. The predicted octanol–water partition coefficient (Wildman–Crippen LogP) is 3.64. The molecule has 1 nitrogen and oxygen atoms in total. The summed E-state index contributed by atoms with van der Waals surface area (Å²) in [5, 5.41) is 0. The molecule has 1 heterocycles. The second-order valence-corrected chi connectivity index (χ2v) is 4.24. The molecule has 1 unspecified atom stereocenters. The van der Waals surface area contributed by atoms with Gasteiger partial charge < -0.3 is 4.90 Å². The zero-order valence-electron chi connectivity index (χ0n) is 9.21. The molecule has 2 aromatic carbocycles. The first-order valence-corrected chi connectivity index (χ1v) is 5.82. The van der Waals surface area contributed by atoms with Crippen molar-refractivity contribution in [3.8, 4) is 0 Å². The van der Waals surface area contributed by atoms with Crippen molar-refractivity contribution < 1.29 is 0 Å². The maximum Gasteiger partial charge on any atom is 0.0559 e. The van der Waals surface area contributed by atoms with E-state index in [0.29, 0.717) is 6.04 Å². The smallest absolute Gasteiger partial charge is 0.0559 e. The highest BCUT2D eigenvalue weighted by atomic mass is 15.2. The summed E-state index contributed by atoms with van der Waals surface area (Å²) in [7, 11) is 0. The first-order chi connectivity index (χ1) is 7.95. The molecule has 0 amide bonds. The summed E-state index contributed by atoms with van der Waals surface area (Å²) in [5.41, 5.74) is 2.76. The minimum Gasteiger partial charge on any atom is -0.364 e. The highest BCUT2D eigenvalue weighted by Crippen LogP contribution is 2.37. The van der Waals surface area contributed by atoms with E-state index in [9.17, 15) is 0 Å². The second kappa shape index (κ2) is 4.01. The molecule has 2 aromatic rings. The number of rotatable bonds is 2. The molecule has 1 aliphatic rings. The highest BCUT2D eigenvalue weighted by Gasteiger charge is 2.28. The van der Waals surface area contributed by atoms with E-state index in [0.717, 1.165) is 0 Å². The van der Waals surface area contributed by atoms with Crippen molar-refractivity contribution in [1.29, 1.82) is 0 Å². The van der Waals surface area contributed by atoms with Crippen LogP contribution in [0.2, 0.25) is 0 Å². The standard InChI is InChI=1S/C15H15N/c1-3-7-13(8-4-1)15-11-12-16(15)14-9-5-2-6-10-14/h1-10,15H,11-12H2. The molecule has 0 N–H and O–H groups in total. The van der Waals surface area contributed by atoms with Gasteiger partial charge >= 0.3 is 0 Å². The predicted molar refractivity (Wildman–Crippen MR) is 67.6 cm³/mol. The molecular weight excluding hydrogens is 194 g/mol. The normalized spacial score (nSPS) is 19.2. The van der Waals surface area contributed by atoms with Gasteiger partial charge in [-0.3, -0.25) is 0 Å². The minimum atomic E-state index is 0.573. The van der Waals surface area contributed by atoms with Gasteiger partial charge in [0.15, 0.2) is 0 Å². The van der Waals surface area contributed by atoms with Crippen LogP contribution in [-0.2, 0) is 0 Å². The fourth-order valence-corrected chi connectivity index (χ4v) is 2.34. The Morgan fingerprint density at radius 1 is 0.812 bits per heavy atom. The van der Waals surface area contributed by atoms with E-state index in [-0.39, 0.29) is 0 Å². The summed E-state index contributed by atoms with van der Waals surface area (Å²) in [6, 6.07) is 22.0. The summed E-state index contributed by atoms with van der Waals surface area (Å²) >= 11 is 0. The van der Waals surface area contributed by atoms with E-state index in [1.165, 1.54) is 24.2 Å². The number of benzene rings is 2. The van der Waals surface area contributed by atoms with Crippen LogP contribution in [0, 0.1) is 0 Å². The average Bonchev–Trinajstić information content (AvgIpc) is 2.30. The summed E-state index contributed by atoms with van der Waals surface area (Å²) < 4.78 is 0. The molecule has 0 spiro atoms.